The molecule has 3 N–H and O–H groups in total. The van der Waals surface area contributed by atoms with Gasteiger partial charge in [-0.15, -0.1) is 0 Å². The average Bonchev–Trinajstić information content (AvgIpc) is 2.21. The first-order valence-corrected chi connectivity index (χ1v) is 5.76. The van der Waals surface area contributed by atoms with Gasteiger partial charge in [-0.2, -0.15) is 0 Å². The number of primary amides is 1. The summed E-state index contributed by atoms with van der Waals surface area (Å²) in [4.78, 5) is 21.5. The average molecular weight is 214 g/mol. The minimum Gasteiger partial charge on any atom is -0.369 e. The molecule has 2 amide bonds. The van der Waals surface area contributed by atoms with Gasteiger partial charge in [0, 0.05) is 6.04 Å². The van der Waals surface area contributed by atoms with Crippen molar-refractivity contribution in [1.82, 2.24) is 5.32 Å². The maximum absolute atomic E-state index is 11.1. The Kier molecular flexibility index (Phi) is 7.68. The van der Waals surface area contributed by atoms with Crippen molar-refractivity contribution in [3.63, 3.8) is 0 Å². The zero-order valence-corrected chi connectivity index (χ0v) is 9.71. The summed E-state index contributed by atoms with van der Waals surface area (Å²) in [6.07, 6.45) is 5.47. The SMILES string of the molecule is CC.NC(=O)CC(=O)NC1CCCCC1. The summed E-state index contributed by atoms with van der Waals surface area (Å²) in [5.41, 5.74) is 4.90. The Balaban J connectivity index is 0.000000921. The van der Waals surface area contributed by atoms with Crippen LogP contribution in [-0.4, -0.2) is 17.9 Å². The molecule has 88 valence electrons. The molecule has 1 aliphatic carbocycles. The number of carbonyl (C=O) groups excluding carboxylic acids is 2. The van der Waals surface area contributed by atoms with Crippen molar-refractivity contribution in [1.29, 1.82) is 0 Å². The lowest BCUT2D eigenvalue weighted by Crippen LogP contribution is -2.38. The first kappa shape index (κ1) is 13.9. The Labute approximate surface area is 91.6 Å². The third-order valence-corrected chi connectivity index (χ3v) is 2.31. The van der Waals surface area contributed by atoms with Crippen LogP contribution in [0.3, 0.4) is 0 Å². The molecule has 1 fully saturated rings. The summed E-state index contributed by atoms with van der Waals surface area (Å²) in [5, 5.41) is 2.81. The molecule has 4 heteroatoms. The second kappa shape index (κ2) is 8.26. The van der Waals surface area contributed by atoms with E-state index in [9.17, 15) is 9.59 Å². The number of nitrogens with one attached hydrogen (secondary N) is 1. The van der Waals surface area contributed by atoms with Crippen molar-refractivity contribution in [2.24, 2.45) is 5.73 Å². The van der Waals surface area contributed by atoms with Crippen LogP contribution in [0.2, 0.25) is 0 Å². The van der Waals surface area contributed by atoms with Crippen molar-refractivity contribution in [3.05, 3.63) is 0 Å². The second-order valence-corrected chi connectivity index (χ2v) is 3.55. The summed E-state index contributed by atoms with van der Waals surface area (Å²) >= 11 is 0. The van der Waals surface area contributed by atoms with E-state index in [1.165, 1.54) is 19.3 Å². The van der Waals surface area contributed by atoms with Crippen molar-refractivity contribution in [3.8, 4) is 0 Å². The standard InChI is InChI=1S/C9H16N2O2.C2H6/c10-8(12)6-9(13)11-7-4-2-1-3-5-7;1-2/h7H,1-6H2,(H2,10,12)(H,11,13);1-2H3. The number of hydrogen-bond donors (Lipinski definition) is 2. The van der Waals surface area contributed by atoms with E-state index >= 15 is 0 Å². The third-order valence-electron chi connectivity index (χ3n) is 2.31. The van der Waals surface area contributed by atoms with Crippen LogP contribution in [0.15, 0.2) is 0 Å². The summed E-state index contributed by atoms with van der Waals surface area (Å²) in [6, 6.07) is 0.264. The van der Waals surface area contributed by atoms with Crippen LogP contribution >= 0.6 is 0 Å². The Morgan fingerprint density at radius 1 is 1.20 bits per heavy atom. The maximum Gasteiger partial charge on any atom is 0.229 e. The zero-order chi connectivity index (χ0) is 11.7. The van der Waals surface area contributed by atoms with Gasteiger partial charge in [-0.25, -0.2) is 0 Å². The molecule has 0 saturated heterocycles. The molecule has 15 heavy (non-hydrogen) atoms. The fraction of sp³-hybridized carbons (Fsp3) is 0.818. The van der Waals surface area contributed by atoms with Crippen LogP contribution in [0, 0.1) is 0 Å². The van der Waals surface area contributed by atoms with Crippen LogP contribution < -0.4 is 11.1 Å². The molecule has 1 rings (SSSR count). The van der Waals surface area contributed by atoms with Crippen LogP contribution in [0.1, 0.15) is 52.4 Å². The first-order chi connectivity index (χ1) is 7.18. The number of nitrogens with two attached hydrogens (primary N) is 1. The van der Waals surface area contributed by atoms with E-state index < -0.39 is 5.91 Å². The van der Waals surface area contributed by atoms with Crippen LogP contribution in [0.25, 0.3) is 0 Å². The van der Waals surface area contributed by atoms with Gasteiger partial charge in [-0.05, 0) is 12.8 Å². The molecule has 0 aromatic heterocycles. The molecule has 0 unspecified atom stereocenters. The molecule has 0 heterocycles. The molecule has 0 spiro atoms. The number of hydrogen-bond acceptors (Lipinski definition) is 2. The topological polar surface area (TPSA) is 72.2 Å². The highest BCUT2D eigenvalue weighted by atomic mass is 16.2. The number of carbonyl (C=O) groups is 2. The second-order valence-electron chi connectivity index (χ2n) is 3.55. The van der Waals surface area contributed by atoms with Gasteiger partial charge in [0.25, 0.3) is 0 Å². The molecule has 1 aliphatic rings. The first-order valence-electron chi connectivity index (χ1n) is 5.76. The van der Waals surface area contributed by atoms with Gasteiger partial charge in [-0.1, -0.05) is 33.1 Å². The van der Waals surface area contributed by atoms with E-state index in [4.69, 9.17) is 5.73 Å². The molecule has 1 saturated carbocycles. The Morgan fingerprint density at radius 3 is 2.20 bits per heavy atom. The van der Waals surface area contributed by atoms with Crippen LogP contribution in [0.5, 0.6) is 0 Å². The Bertz CT molecular complexity index is 199. The van der Waals surface area contributed by atoms with Crippen LogP contribution in [0.4, 0.5) is 0 Å². The van der Waals surface area contributed by atoms with Gasteiger partial charge >= 0.3 is 0 Å². The molecular weight excluding hydrogens is 192 g/mol. The normalized spacial score (nSPS) is 16.1. The lowest BCUT2D eigenvalue weighted by atomic mass is 9.95. The summed E-state index contributed by atoms with van der Waals surface area (Å²) in [6.45, 7) is 4.00. The largest absolute Gasteiger partial charge is 0.369 e. The van der Waals surface area contributed by atoms with Gasteiger partial charge < -0.3 is 11.1 Å². The van der Waals surface area contributed by atoms with Gasteiger partial charge in [0.1, 0.15) is 6.42 Å². The minimum absolute atomic E-state index is 0.184. The summed E-state index contributed by atoms with van der Waals surface area (Å²) in [5.74, 6) is -0.798. The van der Waals surface area contributed by atoms with Gasteiger partial charge in [0.15, 0.2) is 0 Å². The molecule has 4 nitrogen and oxygen atoms in total. The maximum atomic E-state index is 11.1. The molecule has 0 radical (unpaired) electrons. The fourth-order valence-electron chi connectivity index (χ4n) is 1.68. The van der Waals surface area contributed by atoms with E-state index in [1.807, 2.05) is 13.8 Å². The highest BCUT2D eigenvalue weighted by Gasteiger charge is 2.16. The fourth-order valence-corrected chi connectivity index (χ4v) is 1.68. The van der Waals surface area contributed by atoms with Crippen molar-refractivity contribution >= 4 is 11.8 Å². The third kappa shape index (κ3) is 6.94. The summed E-state index contributed by atoms with van der Waals surface area (Å²) < 4.78 is 0. The van der Waals surface area contributed by atoms with Crippen molar-refractivity contribution in [2.75, 3.05) is 0 Å². The van der Waals surface area contributed by atoms with Gasteiger partial charge in [0.05, 0.1) is 0 Å². The molecule has 0 aromatic carbocycles. The molecule has 0 aliphatic heterocycles. The minimum atomic E-state index is -0.562. The molecule has 0 aromatic rings. The van der Waals surface area contributed by atoms with Crippen LogP contribution in [-0.2, 0) is 9.59 Å². The smallest absolute Gasteiger partial charge is 0.229 e. The summed E-state index contributed by atoms with van der Waals surface area (Å²) in [7, 11) is 0. The van der Waals surface area contributed by atoms with Crippen molar-refractivity contribution in [2.45, 2.75) is 58.4 Å². The molecule has 0 atom stereocenters. The lowest BCUT2D eigenvalue weighted by molar-refractivity contribution is -0.128. The molecule has 0 bridgehead atoms. The Hall–Kier alpha value is -1.06. The predicted molar refractivity (Wildman–Crippen MR) is 60.2 cm³/mol. The van der Waals surface area contributed by atoms with E-state index in [2.05, 4.69) is 5.32 Å². The lowest BCUT2D eigenvalue weighted by Gasteiger charge is -2.22. The van der Waals surface area contributed by atoms with E-state index in [0.29, 0.717) is 0 Å². The van der Waals surface area contributed by atoms with Crippen molar-refractivity contribution < 1.29 is 9.59 Å². The zero-order valence-electron chi connectivity index (χ0n) is 9.71. The monoisotopic (exact) mass is 214 g/mol. The van der Waals surface area contributed by atoms with E-state index in [-0.39, 0.29) is 18.4 Å². The highest BCUT2D eigenvalue weighted by Crippen LogP contribution is 2.17. The van der Waals surface area contributed by atoms with Gasteiger partial charge in [-0.3, -0.25) is 9.59 Å². The highest BCUT2D eigenvalue weighted by molar-refractivity contribution is 5.96. The molecular formula is C11H22N2O2. The quantitative estimate of drug-likeness (QED) is 0.696. The Morgan fingerprint density at radius 2 is 1.73 bits per heavy atom. The van der Waals surface area contributed by atoms with E-state index in [0.717, 1.165) is 12.8 Å². The van der Waals surface area contributed by atoms with E-state index in [1.54, 1.807) is 0 Å². The predicted octanol–water partition coefficient (Wildman–Crippen LogP) is 1.34. The number of amides is 2. The number of rotatable bonds is 3. The van der Waals surface area contributed by atoms with Gasteiger partial charge in [0.2, 0.25) is 11.8 Å².